The van der Waals surface area contributed by atoms with Gasteiger partial charge >= 0.3 is 0 Å². The Hall–Kier alpha value is -5.06. The molecular formula is C27H26F2N6O3. The van der Waals surface area contributed by atoms with Gasteiger partial charge in [-0.1, -0.05) is 0 Å². The molecule has 1 amide bonds. The zero-order chi connectivity index (χ0) is 26.8. The SMILES string of the molecule is CNC(=O)c1cc(Oc2ccc3c(c2)nc(Nc2cc(-c4ccnc(F)c4)cc(F)c2OC)n3C)ccn1.[HH].[HH]. The molecule has 196 valence electrons. The summed E-state index contributed by atoms with van der Waals surface area (Å²) >= 11 is 0. The normalized spacial score (nSPS) is 10.9. The van der Waals surface area contributed by atoms with Crippen LogP contribution in [0.25, 0.3) is 22.2 Å². The first-order valence-electron chi connectivity index (χ1n) is 11.4. The van der Waals surface area contributed by atoms with E-state index in [1.165, 1.54) is 44.8 Å². The maximum atomic E-state index is 14.9. The Kier molecular flexibility index (Phi) is 6.56. The van der Waals surface area contributed by atoms with Crippen LogP contribution in [0, 0.1) is 11.8 Å². The second-order valence-electron chi connectivity index (χ2n) is 8.23. The molecular weight excluding hydrogens is 494 g/mol. The van der Waals surface area contributed by atoms with Crippen LogP contribution >= 0.6 is 0 Å². The molecule has 0 unspecified atom stereocenters. The number of nitrogens with one attached hydrogen (secondary N) is 2. The van der Waals surface area contributed by atoms with Gasteiger partial charge in [0.1, 0.15) is 17.2 Å². The van der Waals surface area contributed by atoms with Crippen LogP contribution in [-0.2, 0) is 7.05 Å². The molecule has 2 N–H and O–H groups in total. The van der Waals surface area contributed by atoms with E-state index in [1.54, 1.807) is 34.9 Å². The van der Waals surface area contributed by atoms with E-state index in [0.29, 0.717) is 39.8 Å². The summed E-state index contributed by atoms with van der Waals surface area (Å²) in [6.07, 6.45) is 2.80. The predicted molar refractivity (Wildman–Crippen MR) is 142 cm³/mol. The van der Waals surface area contributed by atoms with Gasteiger partial charge in [-0.15, -0.1) is 0 Å². The van der Waals surface area contributed by atoms with Crippen molar-refractivity contribution in [2.24, 2.45) is 7.05 Å². The van der Waals surface area contributed by atoms with Crippen molar-refractivity contribution in [1.82, 2.24) is 24.8 Å². The van der Waals surface area contributed by atoms with Crippen LogP contribution in [0.5, 0.6) is 17.2 Å². The lowest BCUT2D eigenvalue weighted by Gasteiger charge is -2.14. The van der Waals surface area contributed by atoms with Crippen LogP contribution in [0.1, 0.15) is 13.3 Å². The van der Waals surface area contributed by atoms with Gasteiger partial charge in [-0.25, -0.2) is 14.4 Å². The van der Waals surface area contributed by atoms with E-state index in [4.69, 9.17) is 9.47 Å². The smallest absolute Gasteiger partial charge is 0.269 e. The Morgan fingerprint density at radius 3 is 2.53 bits per heavy atom. The summed E-state index contributed by atoms with van der Waals surface area (Å²) < 4.78 is 41.6. The lowest BCUT2D eigenvalue weighted by Crippen LogP contribution is -2.18. The third kappa shape index (κ3) is 4.81. The Morgan fingerprint density at radius 2 is 1.76 bits per heavy atom. The van der Waals surface area contributed by atoms with Crippen LogP contribution in [0.3, 0.4) is 0 Å². The van der Waals surface area contributed by atoms with Crippen LogP contribution < -0.4 is 20.1 Å². The Bertz CT molecular complexity index is 1680. The number of hydrogen-bond acceptors (Lipinski definition) is 7. The number of nitrogens with zero attached hydrogens (tertiary/aromatic N) is 4. The number of pyridine rings is 2. The number of carbonyl (C=O) groups is 1. The number of anilines is 2. The summed E-state index contributed by atoms with van der Waals surface area (Å²) in [4.78, 5) is 24.1. The van der Waals surface area contributed by atoms with E-state index in [0.717, 1.165) is 5.52 Å². The first-order chi connectivity index (χ1) is 18.4. The number of rotatable bonds is 7. The average molecular weight is 521 g/mol. The number of halogens is 2. The van der Waals surface area contributed by atoms with Crippen molar-refractivity contribution in [3.05, 3.63) is 84.4 Å². The maximum Gasteiger partial charge on any atom is 0.269 e. The third-order valence-corrected chi connectivity index (χ3v) is 5.83. The van der Waals surface area contributed by atoms with Gasteiger partial charge in [0.05, 0.1) is 23.8 Å². The van der Waals surface area contributed by atoms with Crippen LogP contribution in [0.4, 0.5) is 20.4 Å². The summed E-state index contributed by atoms with van der Waals surface area (Å²) in [6, 6.07) is 14.3. The fourth-order valence-electron chi connectivity index (χ4n) is 3.98. The number of aromatic nitrogens is 4. The second kappa shape index (κ2) is 10.1. The number of hydrogen-bond donors (Lipinski definition) is 2. The molecule has 3 heterocycles. The molecule has 3 aromatic heterocycles. The van der Waals surface area contributed by atoms with Gasteiger partial charge in [0.25, 0.3) is 5.91 Å². The van der Waals surface area contributed by atoms with E-state index in [1.807, 2.05) is 13.1 Å². The lowest BCUT2D eigenvalue weighted by molar-refractivity contribution is 0.0958. The number of amides is 1. The van der Waals surface area contributed by atoms with Crippen molar-refractivity contribution in [3.8, 4) is 28.4 Å². The highest BCUT2D eigenvalue weighted by molar-refractivity contribution is 5.92. The van der Waals surface area contributed by atoms with Crippen molar-refractivity contribution in [1.29, 1.82) is 0 Å². The zero-order valence-corrected chi connectivity index (χ0v) is 20.6. The molecule has 0 radical (unpaired) electrons. The van der Waals surface area contributed by atoms with Crippen LogP contribution in [0.2, 0.25) is 0 Å². The van der Waals surface area contributed by atoms with E-state index in [9.17, 15) is 13.6 Å². The first kappa shape index (κ1) is 24.6. The van der Waals surface area contributed by atoms with Gasteiger partial charge in [-0.2, -0.15) is 4.39 Å². The molecule has 5 rings (SSSR count). The molecule has 38 heavy (non-hydrogen) atoms. The molecule has 2 aromatic carbocycles. The Morgan fingerprint density at radius 1 is 0.974 bits per heavy atom. The molecule has 9 nitrogen and oxygen atoms in total. The molecule has 0 saturated heterocycles. The van der Waals surface area contributed by atoms with Crippen molar-refractivity contribution < 1.29 is 25.9 Å². The molecule has 0 aliphatic heterocycles. The molecule has 11 heteroatoms. The van der Waals surface area contributed by atoms with E-state index in [2.05, 4.69) is 25.6 Å². The highest BCUT2D eigenvalue weighted by Gasteiger charge is 2.17. The fourth-order valence-corrected chi connectivity index (χ4v) is 3.98. The monoisotopic (exact) mass is 520 g/mol. The molecule has 0 spiro atoms. The van der Waals surface area contributed by atoms with E-state index in [-0.39, 0.29) is 20.2 Å². The third-order valence-electron chi connectivity index (χ3n) is 5.83. The van der Waals surface area contributed by atoms with Gasteiger partial charge in [0, 0.05) is 47.5 Å². The molecule has 0 bridgehead atoms. The number of ether oxygens (including phenoxy) is 2. The minimum atomic E-state index is -0.668. The van der Waals surface area contributed by atoms with E-state index < -0.39 is 11.8 Å². The number of aryl methyl sites for hydroxylation is 1. The molecule has 0 atom stereocenters. The highest BCUT2D eigenvalue weighted by Crippen LogP contribution is 2.36. The van der Waals surface area contributed by atoms with Gasteiger partial charge in [-0.05, 0) is 47.5 Å². The molecule has 0 fully saturated rings. The number of benzene rings is 2. The van der Waals surface area contributed by atoms with Crippen molar-refractivity contribution >= 4 is 28.6 Å². The van der Waals surface area contributed by atoms with Crippen molar-refractivity contribution in [2.45, 2.75) is 0 Å². The van der Waals surface area contributed by atoms with Crippen LogP contribution in [-0.4, -0.2) is 39.6 Å². The van der Waals surface area contributed by atoms with Crippen molar-refractivity contribution in [3.63, 3.8) is 0 Å². The van der Waals surface area contributed by atoms with Gasteiger partial charge < -0.3 is 24.7 Å². The second-order valence-corrected chi connectivity index (χ2v) is 8.23. The molecule has 5 aromatic rings. The Balaban J connectivity index is 0.00000220. The summed E-state index contributed by atoms with van der Waals surface area (Å²) in [5, 5.41) is 5.65. The quantitative estimate of drug-likeness (QED) is 0.265. The first-order valence-corrected chi connectivity index (χ1v) is 11.4. The van der Waals surface area contributed by atoms with Crippen molar-refractivity contribution in [2.75, 3.05) is 19.5 Å². The minimum absolute atomic E-state index is 0. The molecule has 0 aliphatic carbocycles. The number of imidazole rings is 1. The fraction of sp³-hybridized carbons (Fsp3) is 0.111. The number of carbonyl (C=O) groups excluding carboxylic acids is 1. The standard InChI is InChI=1S/C27H22F2N6O3.2H2/c1-30-26(36)22-14-18(7-9-31-22)38-17-4-5-23-20(13-17)33-27(35(23)2)34-21-11-16(10-19(28)25(21)37-3)15-6-8-32-24(29)12-15;;/h4-14H,1-3H3,(H,30,36)(H,33,34);2*1H. The summed E-state index contributed by atoms with van der Waals surface area (Å²) in [5.74, 6) is -0.261. The Labute approximate surface area is 219 Å². The van der Waals surface area contributed by atoms with Gasteiger partial charge in [0.2, 0.25) is 11.9 Å². The average Bonchev–Trinajstić information content (AvgIpc) is 3.22. The molecule has 0 aliphatic rings. The van der Waals surface area contributed by atoms with Crippen LogP contribution in [0.15, 0.2) is 67.0 Å². The summed E-state index contributed by atoms with van der Waals surface area (Å²) in [6.45, 7) is 0. The topological polar surface area (TPSA) is 103 Å². The predicted octanol–water partition coefficient (Wildman–Crippen LogP) is 5.70. The van der Waals surface area contributed by atoms with E-state index >= 15 is 0 Å². The summed E-state index contributed by atoms with van der Waals surface area (Å²) in [7, 11) is 4.70. The van der Waals surface area contributed by atoms with Gasteiger partial charge in [0.15, 0.2) is 11.6 Å². The largest absolute Gasteiger partial charge is 0.492 e. The highest BCUT2D eigenvalue weighted by atomic mass is 19.1. The summed E-state index contributed by atoms with van der Waals surface area (Å²) in [5.41, 5.74) is 2.84. The number of methoxy groups -OCH3 is 1. The van der Waals surface area contributed by atoms with Gasteiger partial charge in [-0.3, -0.25) is 9.78 Å². The minimum Gasteiger partial charge on any atom is -0.492 e. The zero-order valence-electron chi connectivity index (χ0n) is 20.6. The number of fused-ring (bicyclic) bond motifs is 1. The lowest BCUT2D eigenvalue weighted by atomic mass is 10.1. The maximum absolute atomic E-state index is 14.9. The molecule has 0 saturated carbocycles.